The number of amides is 1. The molecule has 0 radical (unpaired) electrons. The lowest BCUT2D eigenvalue weighted by Crippen LogP contribution is -2.47. The highest BCUT2D eigenvalue weighted by Crippen LogP contribution is 2.18. The number of alkyl carbamates (subject to hydrolysis) is 1. The first kappa shape index (κ1) is 20.2. The van der Waals surface area contributed by atoms with Gasteiger partial charge in [-0.1, -0.05) is 56.3 Å². The van der Waals surface area contributed by atoms with Crippen LogP contribution in [0, 0.1) is 5.92 Å². The van der Waals surface area contributed by atoms with Crippen molar-refractivity contribution in [3.63, 3.8) is 0 Å². The highest BCUT2D eigenvalue weighted by Gasteiger charge is 2.25. The second-order valence-corrected chi connectivity index (χ2v) is 7.53. The van der Waals surface area contributed by atoms with Crippen molar-refractivity contribution in [2.45, 2.75) is 65.2 Å². The first-order valence-corrected chi connectivity index (χ1v) is 8.47. The summed E-state index contributed by atoms with van der Waals surface area (Å²) in [6.45, 7) is 13.6. The standard InChI is InChI=1S/C20H31NO3/c1-14(2)15(3)12-18(22)17(13-16-10-8-7-9-11-16)21-19(23)24-20(4,5)6/h7-11,14,17-18,22H,3,12-13H2,1-2,4-6H3,(H,21,23)/t17-,18-/m0/s1. The number of nitrogens with one attached hydrogen (secondary N) is 1. The highest BCUT2D eigenvalue weighted by atomic mass is 16.6. The van der Waals surface area contributed by atoms with E-state index in [0.29, 0.717) is 18.8 Å². The molecular weight excluding hydrogens is 302 g/mol. The Bertz CT molecular complexity index is 532. The van der Waals surface area contributed by atoms with E-state index in [9.17, 15) is 9.90 Å². The molecule has 0 aliphatic heterocycles. The van der Waals surface area contributed by atoms with Gasteiger partial charge in [0.15, 0.2) is 0 Å². The molecule has 4 heteroatoms. The lowest BCUT2D eigenvalue weighted by atomic mass is 9.93. The lowest BCUT2D eigenvalue weighted by molar-refractivity contribution is 0.0421. The molecule has 0 aliphatic carbocycles. The number of aliphatic hydroxyl groups excluding tert-OH is 1. The Hall–Kier alpha value is -1.81. The van der Waals surface area contributed by atoms with Crippen LogP contribution in [0.25, 0.3) is 0 Å². The van der Waals surface area contributed by atoms with E-state index in [0.717, 1.165) is 11.1 Å². The Balaban J connectivity index is 2.82. The molecule has 134 valence electrons. The van der Waals surface area contributed by atoms with Gasteiger partial charge in [-0.2, -0.15) is 0 Å². The van der Waals surface area contributed by atoms with Crippen molar-refractivity contribution < 1.29 is 14.6 Å². The number of aliphatic hydroxyl groups is 1. The Morgan fingerprint density at radius 1 is 1.25 bits per heavy atom. The largest absolute Gasteiger partial charge is 0.444 e. The van der Waals surface area contributed by atoms with Crippen LogP contribution in [0.4, 0.5) is 4.79 Å². The number of hydrogen-bond donors (Lipinski definition) is 2. The molecule has 2 N–H and O–H groups in total. The molecule has 1 amide bonds. The molecule has 0 bridgehead atoms. The van der Waals surface area contributed by atoms with Crippen LogP contribution < -0.4 is 5.32 Å². The second kappa shape index (κ2) is 8.88. The molecule has 1 aromatic carbocycles. The predicted octanol–water partition coefficient (Wildman–Crippen LogP) is 4.09. The van der Waals surface area contributed by atoms with Crippen LogP contribution in [0.2, 0.25) is 0 Å². The zero-order valence-corrected chi connectivity index (χ0v) is 15.5. The van der Waals surface area contributed by atoms with Gasteiger partial charge in [0, 0.05) is 0 Å². The number of ether oxygens (including phenoxy) is 1. The molecule has 0 aromatic heterocycles. The lowest BCUT2D eigenvalue weighted by Gasteiger charge is -2.28. The number of carbonyl (C=O) groups is 1. The van der Waals surface area contributed by atoms with Crippen LogP contribution in [0.15, 0.2) is 42.5 Å². The summed E-state index contributed by atoms with van der Waals surface area (Å²) >= 11 is 0. The van der Waals surface area contributed by atoms with Gasteiger partial charge in [-0.25, -0.2) is 4.79 Å². The van der Waals surface area contributed by atoms with Gasteiger partial charge in [0.25, 0.3) is 0 Å². The fourth-order valence-corrected chi connectivity index (χ4v) is 2.26. The first-order chi connectivity index (χ1) is 11.1. The minimum absolute atomic E-state index is 0.290. The second-order valence-electron chi connectivity index (χ2n) is 7.53. The molecule has 0 fully saturated rings. The SMILES string of the molecule is C=C(C[C@H](O)[C@H](Cc1ccccc1)NC(=O)OC(C)(C)C)C(C)C. The molecule has 0 heterocycles. The van der Waals surface area contributed by atoms with E-state index >= 15 is 0 Å². The molecule has 0 saturated carbocycles. The van der Waals surface area contributed by atoms with Gasteiger partial charge in [-0.15, -0.1) is 0 Å². The molecule has 0 saturated heterocycles. The Morgan fingerprint density at radius 3 is 2.33 bits per heavy atom. The summed E-state index contributed by atoms with van der Waals surface area (Å²) in [4.78, 5) is 12.1. The van der Waals surface area contributed by atoms with E-state index < -0.39 is 23.8 Å². The molecule has 4 nitrogen and oxygen atoms in total. The van der Waals surface area contributed by atoms with Crippen molar-refractivity contribution in [1.82, 2.24) is 5.32 Å². The molecule has 1 aromatic rings. The monoisotopic (exact) mass is 333 g/mol. The number of carbonyl (C=O) groups excluding carboxylic acids is 1. The summed E-state index contributed by atoms with van der Waals surface area (Å²) < 4.78 is 5.32. The van der Waals surface area contributed by atoms with E-state index in [-0.39, 0.29) is 0 Å². The highest BCUT2D eigenvalue weighted by molar-refractivity contribution is 5.68. The first-order valence-electron chi connectivity index (χ1n) is 8.47. The summed E-state index contributed by atoms with van der Waals surface area (Å²) in [6.07, 6.45) is -0.248. The Morgan fingerprint density at radius 2 is 1.83 bits per heavy atom. The number of rotatable bonds is 7. The van der Waals surface area contributed by atoms with Crippen molar-refractivity contribution in [3.05, 3.63) is 48.0 Å². The summed E-state index contributed by atoms with van der Waals surface area (Å²) in [5, 5.41) is 13.4. The minimum atomic E-state index is -0.715. The summed E-state index contributed by atoms with van der Waals surface area (Å²) in [5.74, 6) is 0.290. The average Bonchev–Trinajstić information content (AvgIpc) is 2.45. The minimum Gasteiger partial charge on any atom is -0.444 e. The third kappa shape index (κ3) is 7.64. The molecule has 24 heavy (non-hydrogen) atoms. The van der Waals surface area contributed by atoms with Crippen LogP contribution in [0.5, 0.6) is 0 Å². The van der Waals surface area contributed by atoms with Gasteiger partial charge in [-0.05, 0) is 45.1 Å². The smallest absolute Gasteiger partial charge is 0.407 e. The van der Waals surface area contributed by atoms with Crippen LogP contribution in [-0.4, -0.2) is 28.9 Å². The van der Waals surface area contributed by atoms with Crippen molar-refractivity contribution in [3.8, 4) is 0 Å². The molecule has 1 rings (SSSR count). The quantitative estimate of drug-likeness (QED) is 0.739. The van der Waals surface area contributed by atoms with Gasteiger partial charge in [-0.3, -0.25) is 0 Å². The number of hydrogen-bond acceptors (Lipinski definition) is 3. The van der Waals surface area contributed by atoms with Crippen LogP contribution in [0.1, 0.15) is 46.6 Å². The fourth-order valence-electron chi connectivity index (χ4n) is 2.26. The molecule has 2 atom stereocenters. The third-order valence-electron chi connectivity index (χ3n) is 3.75. The summed E-state index contributed by atoms with van der Waals surface area (Å²) in [5.41, 5.74) is 1.44. The molecular formula is C20H31NO3. The average molecular weight is 333 g/mol. The zero-order chi connectivity index (χ0) is 18.3. The topological polar surface area (TPSA) is 58.6 Å². The maximum absolute atomic E-state index is 12.1. The van der Waals surface area contributed by atoms with Gasteiger partial charge in [0.05, 0.1) is 12.1 Å². The maximum Gasteiger partial charge on any atom is 0.407 e. The van der Waals surface area contributed by atoms with Gasteiger partial charge >= 0.3 is 6.09 Å². The molecule has 0 spiro atoms. The summed E-state index contributed by atoms with van der Waals surface area (Å²) in [6, 6.07) is 9.36. The van der Waals surface area contributed by atoms with Crippen LogP contribution >= 0.6 is 0 Å². The maximum atomic E-state index is 12.1. The Labute approximate surface area is 145 Å². The van der Waals surface area contributed by atoms with Crippen molar-refractivity contribution >= 4 is 6.09 Å². The zero-order valence-electron chi connectivity index (χ0n) is 15.5. The fraction of sp³-hybridized carbons (Fsp3) is 0.550. The van der Waals surface area contributed by atoms with Gasteiger partial charge < -0.3 is 15.2 Å². The predicted molar refractivity (Wildman–Crippen MR) is 97.9 cm³/mol. The van der Waals surface area contributed by atoms with E-state index in [1.807, 2.05) is 65.0 Å². The van der Waals surface area contributed by atoms with Crippen LogP contribution in [0.3, 0.4) is 0 Å². The van der Waals surface area contributed by atoms with E-state index in [2.05, 4.69) is 11.9 Å². The van der Waals surface area contributed by atoms with Gasteiger partial charge in [0.1, 0.15) is 5.60 Å². The summed E-state index contributed by atoms with van der Waals surface area (Å²) in [7, 11) is 0. The normalized spacial score (nSPS) is 14.1. The Kier molecular flexibility index (Phi) is 7.49. The van der Waals surface area contributed by atoms with Crippen LogP contribution in [-0.2, 0) is 11.2 Å². The van der Waals surface area contributed by atoms with Crippen molar-refractivity contribution in [1.29, 1.82) is 0 Å². The third-order valence-corrected chi connectivity index (χ3v) is 3.75. The van der Waals surface area contributed by atoms with E-state index in [1.165, 1.54) is 0 Å². The molecule has 0 unspecified atom stereocenters. The van der Waals surface area contributed by atoms with Crippen molar-refractivity contribution in [2.75, 3.05) is 0 Å². The number of benzene rings is 1. The van der Waals surface area contributed by atoms with E-state index in [4.69, 9.17) is 4.74 Å². The van der Waals surface area contributed by atoms with Gasteiger partial charge in [0.2, 0.25) is 0 Å². The van der Waals surface area contributed by atoms with E-state index in [1.54, 1.807) is 0 Å². The van der Waals surface area contributed by atoms with Crippen molar-refractivity contribution in [2.24, 2.45) is 5.92 Å². The molecule has 0 aliphatic rings.